The van der Waals surface area contributed by atoms with Gasteiger partial charge in [0.05, 0.1) is 6.67 Å². The highest BCUT2D eigenvalue weighted by Crippen LogP contribution is 2.07. The first kappa shape index (κ1) is 12.5. The zero-order chi connectivity index (χ0) is 11.9. The van der Waals surface area contributed by atoms with Crippen LogP contribution in [0.5, 0.6) is 0 Å². The van der Waals surface area contributed by atoms with Gasteiger partial charge in [0, 0.05) is 32.2 Å². The van der Waals surface area contributed by atoms with Crippen molar-refractivity contribution in [2.24, 2.45) is 0 Å². The van der Waals surface area contributed by atoms with E-state index in [1.54, 1.807) is 0 Å². The Morgan fingerprint density at radius 2 is 2.12 bits per heavy atom. The largest absolute Gasteiger partial charge is 0.311 e. The summed E-state index contributed by atoms with van der Waals surface area (Å²) in [5.41, 5.74) is 1.37. The average molecular weight is 236 g/mol. The molecule has 1 aliphatic heterocycles. The van der Waals surface area contributed by atoms with Crippen LogP contribution in [0, 0.1) is 0 Å². The Hall–Kier alpha value is -0.930. The SMILES string of the molecule is FCCCN1CCNC(Cc2ccccc2)C1. The molecule has 1 N–H and O–H groups in total. The van der Waals surface area contributed by atoms with Gasteiger partial charge in [0.15, 0.2) is 0 Å². The van der Waals surface area contributed by atoms with Gasteiger partial charge >= 0.3 is 0 Å². The Kier molecular flexibility index (Phi) is 4.95. The molecule has 1 saturated heterocycles. The topological polar surface area (TPSA) is 15.3 Å². The van der Waals surface area contributed by atoms with Crippen LogP contribution in [0.4, 0.5) is 4.39 Å². The molecule has 0 radical (unpaired) electrons. The molecular weight excluding hydrogens is 215 g/mol. The van der Waals surface area contributed by atoms with E-state index in [1.165, 1.54) is 5.56 Å². The number of hydrogen-bond donors (Lipinski definition) is 1. The number of nitrogens with zero attached hydrogens (tertiary/aromatic N) is 1. The van der Waals surface area contributed by atoms with Crippen LogP contribution in [0.3, 0.4) is 0 Å². The molecule has 1 aromatic carbocycles. The Balaban J connectivity index is 1.81. The summed E-state index contributed by atoms with van der Waals surface area (Å²) < 4.78 is 12.1. The molecule has 0 amide bonds. The molecule has 0 bridgehead atoms. The molecule has 0 spiro atoms. The van der Waals surface area contributed by atoms with Crippen LogP contribution < -0.4 is 5.32 Å². The molecule has 2 rings (SSSR count). The maximum absolute atomic E-state index is 12.1. The van der Waals surface area contributed by atoms with Gasteiger partial charge < -0.3 is 10.2 Å². The van der Waals surface area contributed by atoms with Crippen molar-refractivity contribution in [1.82, 2.24) is 10.2 Å². The molecule has 2 nitrogen and oxygen atoms in total. The Morgan fingerprint density at radius 1 is 1.29 bits per heavy atom. The van der Waals surface area contributed by atoms with E-state index in [0.29, 0.717) is 12.5 Å². The molecule has 0 saturated carbocycles. The standard InChI is InChI=1S/C14H21FN2/c15-7-4-9-17-10-8-16-14(12-17)11-13-5-2-1-3-6-13/h1-3,5-6,14,16H,4,7-12H2. The van der Waals surface area contributed by atoms with Gasteiger partial charge in [0.1, 0.15) is 0 Å². The lowest BCUT2D eigenvalue weighted by molar-refractivity contribution is 0.192. The van der Waals surface area contributed by atoms with E-state index >= 15 is 0 Å². The highest BCUT2D eigenvalue weighted by molar-refractivity contribution is 5.16. The van der Waals surface area contributed by atoms with Crippen molar-refractivity contribution in [3.63, 3.8) is 0 Å². The first-order valence-corrected chi connectivity index (χ1v) is 6.44. The summed E-state index contributed by atoms with van der Waals surface area (Å²) in [5, 5.41) is 3.54. The molecule has 0 aromatic heterocycles. The normalized spacial score (nSPS) is 21.6. The zero-order valence-corrected chi connectivity index (χ0v) is 10.2. The monoisotopic (exact) mass is 236 g/mol. The molecule has 17 heavy (non-hydrogen) atoms. The van der Waals surface area contributed by atoms with Crippen molar-refractivity contribution >= 4 is 0 Å². The first-order valence-electron chi connectivity index (χ1n) is 6.44. The van der Waals surface area contributed by atoms with Crippen molar-refractivity contribution in [3.8, 4) is 0 Å². The molecule has 1 fully saturated rings. The molecule has 1 unspecified atom stereocenters. The first-order chi connectivity index (χ1) is 8.38. The molecule has 1 heterocycles. The lowest BCUT2D eigenvalue weighted by Crippen LogP contribution is -2.51. The van der Waals surface area contributed by atoms with E-state index in [0.717, 1.165) is 32.6 Å². The fourth-order valence-electron chi connectivity index (χ4n) is 2.42. The third kappa shape index (κ3) is 4.10. The van der Waals surface area contributed by atoms with Crippen LogP contribution in [0.1, 0.15) is 12.0 Å². The van der Waals surface area contributed by atoms with Crippen molar-refractivity contribution in [2.75, 3.05) is 32.9 Å². The van der Waals surface area contributed by atoms with E-state index in [9.17, 15) is 4.39 Å². The summed E-state index contributed by atoms with van der Waals surface area (Å²) in [6, 6.07) is 11.1. The van der Waals surface area contributed by atoms with Gasteiger partial charge in [-0.05, 0) is 18.4 Å². The molecule has 1 atom stereocenters. The minimum Gasteiger partial charge on any atom is -0.311 e. The second-order valence-corrected chi connectivity index (χ2v) is 4.68. The van der Waals surface area contributed by atoms with Gasteiger partial charge in [-0.1, -0.05) is 30.3 Å². The van der Waals surface area contributed by atoms with Crippen molar-refractivity contribution in [3.05, 3.63) is 35.9 Å². The summed E-state index contributed by atoms with van der Waals surface area (Å²) >= 11 is 0. The number of benzene rings is 1. The van der Waals surface area contributed by atoms with Gasteiger partial charge in [0.25, 0.3) is 0 Å². The molecule has 0 aliphatic carbocycles. The number of piperazine rings is 1. The number of halogens is 1. The number of hydrogen-bond acceptors (Lipinski definition) is 2. The number of rotatable bonds is 5. The fourth-order valence-corrected chi connectivity index (χ4v) is 2.42. The van der Waals surface area contributed by atoms with Crippen LogP contribution in [0.25, 0.3) is 0 Å². The number of alkyl halides is 1. The molecule has 3 heteroatoms. The van der Waals surface area contributed by atoms with Gasteiger partial charge in [-0.25, -0.2) is 0 Å². The van der Waals surface area contributed by atoms with Gasteiger partial charge in [0.2, 0.25) is 0 Å². The highest BCUT2D eigenvalue weighted by atomic mass is 19.1. The fraction of sp³-hybridized carbons (Fsp3) is 0.571. The van der Waals surface area contributed by atoms with E-state index < -0.39 is 0 Å². The van der Waals surface area contributed by atoms with Crippen molar-refractivity contribution < 1.29 is 4.39 Å². The quantitative estimate of drug-likeness (QED) is 0.839. The molecule has 1 aliphatic rings. The van der Waals surface area contributed by atoms with Crippen LogP contribution in [-0.4, -0.2) is 43.8 Å². The van der Waals surface area contributed by atoms with E-state index in [1.807, 2.05) is 6.07 Å². The zero-order valence-electron chi connectivity index (χ0n) is 10.2. The van der Waals surface area contributed by atoms with Crippen LogP contribution in [0.15, 0.2) is 30.3 Å². The Labute approximate surface area is 103 Å². The molecular formula is C14H21FN2. The van der Waals surface area contributed by atoms with E-state index in [-0.39, 0.29) is 6.67 Å². The second-order valence-electron chi connectivity index (χ2n) is 4.68. The Bertz CT molecular complexity index is 315. The van der Waals surface area contributed by atoms with Gasteiger partial charge in [-0.15, -0.1) is 0 Å². The predicted octanol–water partition coefficient (Wildman–Crippen LogP) is 1.86. The van der Waals surface area contributed by atoms with Crippen LogP contribution in [-0.2, 0) is 6.42 Å². The third-order valence-electron chi connectivity index (χ3n) is 3.27. The lowest BCUT2D eigenvalue weighted by atomic mass is 10.0. The van der Waals surface area contributed by atoms with Crippen molar-refractivity contribution in [1.29, 1.82) is 0 Å². The maximum Gasteiger partial charge on any atom is 0.0906 e. The second kappa shape index (κ2) is 6.72. The lowest BCUT2D eigenvalue weighted by Gasteiger charge is -2.33. The van der Waals surface area contributed by atoms with Gasteiger partial charge in [-0.3, -0.25) is 4.39 Å². The highest BCUT2D eigenvalue weighted by Gasteiger charge is 2.18. The summed E-state index contributed by atoms with van der Waals surface area (Å²) in [4.78, 5) is 2.36. The summed E-state index contributed by atoms with van der Waals surface area (Å²) in [6.45, 7) is 3.79. The van der Waals surface area contributed by atoms with Crippen molar-refractivity contribution in [2.45, 2.75) is 18.9 Å². The van der Waals surface area contributed by atoms with Gasteiger partial charge in [-0.2, -0.15) is 0 Å². The third-order valence-corrected chi connectivity index (χ3v) is 3.27. The summed E-state index contributed by atoms with van der Waals surface area (Å²) in [7, 11) is 0. The Morgan fingerprint density at radius 3 is 2.88 bits per heavy atom. The van der Waals surface area contributed by atoms with E-state index in [2.05, 4.69) is 34.5 Å². The predicted molar refractivity (Wildman–Crippen MR) is 69.0 cm³/mol. The summed E-state index contributed by atoms with van der Waals surface area (Å²) in [5.74, 6) is 0. The molecule has 1 aromatic rings. The minimum atomic E-state index is -0.201. The maximum atomic E-state index is 12.1. The van der Waals surface area contributed by atoms with Crippen LogP contribution >= 0.6 is 0 Å². The molecule has 94 valence electrons. The van der Waals surface area contributed by atoms with Crippen LogP contribution in [0.2, 0.25) is 0 Å². The van der Waals surface area contributed by atoms with E-state index in [4.69, 9.17) is 0 Å². The average Bonchev–Trinajstić information content (AvgIpc) is 2.38. The smallest absolute Gasteiger partial charge is 0.0906 e. The minimum absolute atomic E-state index is 0.201. The number of nitrogens with one attached hydrogen (secondary N) is 1. The summed E-state index contributed by atoms with van der Waals surface area (Å²) in [6.07, 6.45) is 1.73.